The highest BCUT2D eigenvalue weighted by Crippen LogP contribution is 2.33. The van der Waals surface area contributed by atoms with Crippen LogP contribution in [0.5, 0.6) is 0 Å². The summed E-state index contributed by atoms with van der Waals surface area (Å²) in [4.78, 5) is 8.57. The first-order valence-corrected chi connectivity index (χ1v) is 7.06. The van der Waals surface area contributed by atoms with E-state index in [1.165, 1.54) is 19.3 Å². The molecule has 0 N–H and O–H groups in total. The molecule has 1 saturated carbocycles. The molecule has 0 aromatic carbocycles. The van der Waals surface area contributed by atoms with E-state index in [4.69, 9.17) is 0 Å². The predicted molar refractivity (Wildman–Crippen MR) is 81.4 cm³/mol. The maximum Gasteiger partial charge on any atom is 0.137 e. The van der Waals surface area contributed by atoms with Crippen LogP contribution in [0.1, 0.15) is 39.2 Å². The van der Waals surface area contributed by atoms with Crippen molar-refractivity contribution in [2.75, 3.05) is 6.54 Å². The summed E-state index contributed by atoms with van der Waals surface area (Å²) < 4.78 is 2.30. The van der Waals surface area contributed by atoms with E-state index >= 15 is 0 Å². The minimum atomic E-state index is 0.510. The van der Waals surface area contributed by atoms with Crippen LogP contribution < -0.4 is 16.1 Å². The molecule has 1 fully saturated rings. The minimum Gasteiger partial charge on any atom is -0.323 e. The van der Waals surface area contributed by atoms with Crippen LogP contribution in [0.3, 0.4) is 0 Å². The number of aliphatic imine (C=N–C) groups is 1. The Labute approximate surface area is 114 Å². The average Bonchev–Trinajstić information content (AvgIpc) is 2.80. The molecule has 19 heavy (non-hydrogen) atoms. The van der Waals surface area contributed by atoms with Gasteiger partial charge in [0.15, 0.2) is 0 Å². The maximum atomic E-state index is 4.67. The number of hydrogen-bond acceptors (Lipinski definition) is 2. The molecule has 1 aromatic rings. The lowest BCUT2D eigenvalue weighted by Gasteiger charge is -2.21. The summed E-state index contributed by atoms with van der Waals surface area (Å²) in [5, 5.41) is 2.07. The van der Waals surface area contributed by atoms with Crippen LogP contribution in [0.4, 0.5) is 0 Å². The quantitative estimate of drug-likeness (QED) is 0.737. The van der Waals surface area contributed by atoms with Crippen LogP contribution in [0.15, 0.2) is 22.1 Å². The molecule has 1 aliphatic rings. The molecular formula is C16H23N3. The first kappa shape index (κ1) is 13.8. The van der Waals surface area contributed by atoms with Gasteiger partial charge in [0.2, 0.25) is 0 Å². The monoisotopic (exact) mass is 257 g/mol. The topological polar surface area (TPSA) is 29.6 Å². The normalized spacial score (nSPS) is 24.9. The Morgan fingerprint density at radius 2 is 2.21 bits per heavy atom. The Kier molecular flexibility index (Phi) is 4.35. The lowest BCUT2D eigenvalue weighted by molar-refractivity contribution is 0.385. The second-order valence-electron chi connectivity index (χ2n) is 5.24. The van der Waals surface area contributed by atoms with E-state index in [9.17, 15) is 0 Å². The van der Waals surface area contributed by atoms with Crippen LogP contribution in [0, 0.1) is 5.92 Å². The minimum absolute atomic E-state index is 0.510. The van der Waals surface area contributed by atoms with Gasteiger partial charge >= 0.3 is 0 Å². The summed E-state index contributed by atoms with van der Waals surface area (Å²) in [5.74, 6) is 0.684. The molecule has 0 amide bonds. The number of aromatic nitrogens is 1. The predicted octanol–water partition coefficient (Wildman–Crippen LogP) is 1.62. The molecule has 2 rings (SSSR count). The highest BCUT2D eigenvalue weighted by Gasteiger charge is 2.25. The zero-order valence-electron chi connectivity index (χ0n) is 12.0. The third-order valence-electron chi connectivity index (χ3n) is 3.94. The van der Waals surface area contributed by atoms with Crippen LogP contribution >= 0.6 is 0 Å². The molecule has 0 radical (unpaired) electrons. The fourth-order valence-corrected chi connectivity index (χ4v) is 3.01. The average molecular weight is 257 g/mol. The van der Waals surface area contributed by atoms with Gasteiger partial charge in [-0.25, -0.2) is 0 Å². The van der Waals surface area contributed by atoms with Crippen molar-refractivity contribution in [2.45, 2.75) is 39.2 Å². The Balaban J connectivity index is 2.75. The van der Waals surface area contributed by atoms with Gasteiger partial charge in [-0.1, -0.05) is 19.9 Å². The zero-order chi connectivity index (χ0) is 13.8. The lowest BCUT2D eigenvalue weighted by Crippen LogP contribution is -2.45. The van der Waals surface area contributed by atoms with Crippen molar-refractivity contribution < 1.29 is 0 Å². The van der Waals surface area contributed by atoms with Crippen molar-refractivity contribution in [1.82, 2.24) is 4.57 Å². The van der Waals surface area contributed by atoms with Gasteiger partial charge in [0.1, 0.15) is 5.49 Å². The third kappa shape index (κ3) is 2.70. The second kappa shape index (κ2) is 6.00. The first-order valence-electron chi connectivity index (χ1n) is 7.06. The fraction of sp³-hybridized carbons (Fsp3) is 0.500. The standard InChI is InChI=1S/C16H23N3/c1-5-18-16-14(11-17-4)10-9-13(3)19(16)15-8-6-7-12(15)2/h9-12,15H,3-8H2,1-2H3/b14-11-,18-16+. The number of nitrogens with zero attached hydrogens (tertiary/aromatic N) is 3. The molecule has 2 atom stereocenters. The molecular weight excluding hydrogens is 234 g/mol. The summed E-state index contributed by atoms with van der Waals surface area (Å²) in [7, 11) is 0. The Morgan fingerprint density at radius 3 is 2.79 bits per heavy atom. The lowest BCUT2D eigenvalue weighted by atomic mass is 10.1. The van der Waals surface area contributed by atoms with Gasteiger partial charge in [0.05, 0.1) is 0 Å². The van der Waals surface area contributed by atoms with E-state index in [0.717, 1.165) is 22.6 Å². The summed E-state index contributed by atoms with van der Waals surface area (Å²) in [6, 6.07) is 4.59. The van der Waals surface area contributed by atoms with Crippen LogP contribution in [-0.2, 0) is 0 Å². The summed E-state index contributed by atoms with van der Waals surface area (Å²) in [6.45, 7) is 12.9. The van der Waals surface area contributed by atoms with E-state index in [-0.39, 0.29) is 0 Å². The maximum absolute atomic E-state index is 4.67. The van der Waals surface area contributed by atoms with Crippen molar-refractivity contribution in [3.05, 3.63) is 28.2 Å². The van der Waals surface area contributed by atoms with E-state index in [1.807, 2.05) is 6.07 Å². The van der Waals surface area contributed by atoms with Gasteiger partial charge in [0.25, 0.3) is 0 Å². The molecule has 102 valence electrons. The van der Waals surface area contributed by atoms with Crippen molar-refractivity contribution in [3.63, 3.8) is 0 Å². The van der Waals surface area contributed by atoms with Crippen molar-refractivity contribution in [1.29, 1.82) is 0 Å². The number of hydrogen-bond donors (Lipinski definition) is 0. The van der Waals surface area contributed by atoms with Crippen molar-refractivity contribution in [3.8, 4) is 0 Å². The number of rotatable bonds is 3. The van der Waals surface area contributed by atoms with E-state index in [2.05, 4.69) is 47.8 Å². The largest absolute Gasteiger partial charge is 0.323 e. The molecule has 1 aliphatic carbocycles. The van der Waals surface area contributed by atoms with Gasteiger partial charge in [-0.15, -0.1) is 0 Å². The van der Waals surface area contributed by atoms with Crippen LogP contribution in [-0.4, -0.2) is 17.8 Å². The highest BCUT2D eigenvalue weighted by atomic mass is 15.1. The molecule has 0 bridgehead atoms. The summed E-state index contributed by atoms with van der Waals surface area (Å²) in [5.41, 5.74) is 1.00. The SMILES string of the molecule is C=N/C=c1/ccc(=C)n(C2CCCC2C)/c1=N/CC. The van der Waals surface area contributed by atoms with Crippen molar-refractivity contribution in [2.24, 2.45) is 15.9 Å². The smallest absolute Gasteiger partial charge is 0.137 e. The molecule has 1 heterocycles. The molecule has 1 aromatic heterocycles. The summed E-state index contributed by atoms with van der Waals surface area (Å²) >= 11 is 0. The van der Waals surface area contributed by atoms with E-state index in [1.54, 1.807) is 6.20 Å². The molecule has 0 saturated heterocycles. The Hall–Kier alpha value is -1.64. The molecule has 0 spiro atoms. The van der Waals surface area contributed by atoms with Gasteiger partial charge < -0.3 is 4.57 Å². The molecule has 0 aliphatic heterocycles. The Morgan fingerprint density at radius 1 is 1.42 bits per heavy atom. The fourth-order valence-electron chi connectivity index (χ4n) is 3.01. The first-order chi connectivity index (χ1) is 9.19. The van der Waals surface area contributed by atoms with Crippen LogP contribution in [0.25, 0.3) is 12.8 Å². The number of pyridine rings is 1. The van der Waals surface area contributed by atoms with Crippen LogP contribution in [0.2, 0.25) is 0 Å². The Bertz CT molecular complexity index is 624. The van der Waals surface area contributed by atoms with Gasteiger partial charge in [0, 0.05) is 29.4 Å². The molecule has 3 heteroatoms. The van der Waals surface area contributed by atoms with E-state index < -0.39 is 0 Å². The third-order valence-corrected chi connectivity index (χ3v) is 3.94. The van der Waals surface area contributed by atoms with Crippen molar-refractivity contribution >= 4 is 19.5 Å². The molecule has 2 unspecified atom stereocenters. The highest BCUT2D eigenvalue weighted by molar-refractivity contribution is 5.36. The van der Waals surface area contributed by atoms with Gasteiger partial charge in [-0.3, -0.25) is 9.98 Å². The molecule has 3 nitrogen and oxygen atoms in total. The van der Waals surface area contributed by atoms with Gasteiger partial charge in [-0.05, 0) is 44.5 Å². The van der Waals surface area contributed by atoms with Gasteiger partial charge in [-0.2, -0.15) is 0 Å². The van der Waals surface area contributed by atoms with E-state index in [0.29, 0.717) is 12.0 Å². The summed E-state index contributed by atoms with van der Waals surface area (Å²) in [6.07, 6.45) is 5.57. The second-order valence-corrected chi connectivity index (χ2v) is 5.24. The zero-order valence-corrected chi connectivity index (χ0v) is 12.0.